The van der Waals surface area contributed by atoms with Gasteiger partial charge in [0.2, 0.25) is 0 Å². The van der Waals surface area contributed by atoms with Crippen molar-refractivity contribution in [2.45, 2.75) is 50.7 Å². The summed E-state index contributed by atoms with van der Waals surface area (Å²) in [5.74, 6) is 2.95. The number of piperidine rings is 1. The zero-order chi connectivity index (χ0) is 29.3. The molecule has 0 radical (unpaired) electrons. The van der Waals surface area contributed by atoms with Crippen molar-refractivity contribution in [2.24, 2.45) is 24.6 Å². The Morgan fingerprint density at radius 2 is 1.90 bits per heavy atom. The molecule has 3 atom stereocenters. The zero-order valence-electron chi connectivity index (χ0n) is 24.5. The molecule has 0 unspecified atom stereocenters. The first kappa shape index (κ1) is 26.8. The molecule has 11 heteroatoms. The van der Waals surface area contributed by atoms with Crippen molar-refractivity contribution < 1.29 is 19.1 Å². The Morgan fingerprint density at radius 3 is 2.64 bits per heavy atom. The standard InChI is InChI=1S/C31H37N7O4/c1-35(31(40)42-4)26-10-8-19-13-24(38(28(19)34-26)15-17-5-6-17)29-33-23-12-20(14-25(41-3)27(23)36(29)2)30(39)37-16-22(32)18-7-9-21(37)11-18/h8,10,12-14,17-18,21-22H,5-7,9,11,15-16,32H2,1-4H3/t18-,21+,22+/m1/s1. The number of fused-ring (bicyclic) bond motifs is 4. The Hall–Kier alpha value is -4.12. The fourth-order valence-electron chi connectivity index (χ4n) is 6.89. The Labute approximate surface area is 244 Å². The summed E-state index contributed by atoms with van der Waals surface area (Å²) in [6.45, 7) is 1.39. The number of methoxy groups -OCH3 is 2. The highest BCUT2D eigenvalue weighted by atomic mass is 16.5. The summed E-state index contributed by atoms with van der Waals surface area (Å²) in [5, 5.41) is 0.957. The van der Waals surface area contributed by atoms with Gasteiger partial charge in [0, 0.05) is 50.2 Å². The number of amides is 2. The van der Waals surface area contributed by atoms with Gasteiger partial charge in [0.1, 0.15) is 22.7 Å². The van der Waals surface area contributed by atoms with E-state index in [0.29, 0.717) is 41.0 Å². The van der Waals surface area contributed by atoms with E-state index in [1.54, 1.807) is 14.2 Å². The van der Waals surface area contributed by atoms with Crippen LogP contribution in [0, 0.1) is 11.8 Å². The topological polar surface area (TPSA) is 121 Å². The lowest BCUT2D eigenvalue weighted by molar-refractivity contribution is 0.0603. The average Bonchev–Trinajstić information content (AvgIpc) is 3.47. The summed E-state index contributed by atoms with van der Waals surface area (Å²) < 4.78 is 15.0. The maximum absolute atomic E-state index is 13.8. The van der Waals surface area contributed by atoms with E-state index >= 15 is 0 Å². The Morgan fingerprint density at radius 1 is 1.10 bits per heavy atom. The second-order valence-electron chi connectivity index (χ2n) is 12.1. The average molecular weight is 572 g/mol. The van der Waals surface area contributed by atoms with Crippen LogP contribution in [0.1, 0.15) is 42.5 Å². The monoisotopic (exact) mass is 571 g/mol. The van der Waals surface area contributed by atoms with Gasteiger partial charge >= 0.3 is 6.09 Å². The number of rotatable bonds is 6. The zero-order valence-corrected chi connectivity index (χ0v) is 24.5. The van der Waals surface area contributed by atoms with Crippen LogP contribution in [-0.2, 0) is 18.3 Å². The summed E-state index contributed by atoms with van der Waals surface area (Å²) in [4.78, 5) is 39.3. The number of carbonyl (C=O) groups is 2. The van der Waals surface area contributed by atoms with Crippen LogP contribution in [0.3, 0.4) is 0 Å². The van der Waals surface area contributed by atoms with Crippen LogP contribution in [0.4, 0.5) is 10.6 Å². The maximum Gasteiger partial charge on any atom is 0.414 e. The van der Waals surface area contributed by atoms with E-state index < -0.39 is 6.09 Å². The predicted molar refractivity (Wildman–Crippen MR) is 160 cm³/mol. The lowest BCUT2D eigenvalue weighted by atomic mass is 9.94. The number of hydrogen-bond donors (Lipinski definition) is 1. The minimum absolute atomic E-state index is 0.0162. The number of aryl methyl sites for hydroxylation is 1. The van der Waals surface area contributed by atoms with Crippen LogP contribution in [0.2, 0.25) is 0 Å². The van der Waals surface area contributed by atoms with Gasteiger partial charge in [-0.05, 0) is 74.3 Å². The van der Waals surface area contributed by atoms with Gasteiger partial charge in [-0.1, -0.05) is 0 Å². The Balaban J connectivity index is 1.33. The molecule has 2 saturated carbocycles. The van der Waals surface area contributed by atoms with Gasteiger partial charge in [-0.2, -0.15) is 0 Å². The highest BCUT2D eigenvalue weighted by Crippen LogP contribution is 2.40. The minimum Gasteiger partial charge on any atom is -0.494 e. The fraction of sp³-hybridized carbons (Fsp3) is 0.484. The lowest BCUT2D eigenvalue weighted by Crippen LogP contribution is -2.51. The van der Waals surface area contributed by atoms with E-state index in [4.69, 9.17) is 25.2 Å². The van der Waals surface area contributed by atoms with Crippen molar-refractivity contribution in [1.29, 1.82) is 0 Å². The van der Waals surface area contributed by atoms with E-state index in [2.05, 4.69) is 10.6 Å². The summed E-state index contributed by atoms with van der Waals surface area (Å²) in [5.41, 5.74) is 10.2. The molecule has 3 aliphatic rings. The van der Waals surface area contributed by atoms with Gasteiger partial charge in [0.05, 0.1) is 25.4 Å². The second kappa shape index (κ2) is 10.0. The second-order valence-corrected chi connectivity index (χ2v) is 12.1. The predicted octanol–water partition coefficient (Wildman–Crippen LogP) is 4.16. The van der Waals surface area contributed by atoms with Crippen molar-refractivity contribution in [3.8, 4) is 17.3 Å². The first-order valence-corrected chi connectivity index (χ1v) is 14.7. The summed E-state index contributed by atoms with van der Waals surface area (Å²) in [6, 6.07) is 9.87. The van der Waals surface area contributed by atoms with Crippen LogP contribution >= 0.6 is 0 Å². The molecule has 11 nitrogen and oxygen atoms in total. The third-order valence-corrected chi connectivity index (χ3v) is 9.45. The number of pyridine rings is 1. The summed E-state index contributed by atoms with van der Waals surface area (Å²) in [6.07, 6.45) is 4.94. The molecule has 2 amide bonds. The van der Waals surface area contributed by atoms with Gasteiger partial charge in [-0.25, -0.2) is 14.8 Å². The highest BCUT2D eigenvalue weighted by Gasteiger charge is 2.41. The number of carbonyl (C=O) groups excluding carboxylic acids is 2. The van der Waals surface area contributed by atoms with Gasteiger partial charge in [0.15, 0.2) is 5.82 Å². The number of benzene rings is 1. The van der Waals surface area contributed by atoms with Crippen LogP contribution in [-0.4, -0.2) is 75.9 Å². The molecular weight excluding hydrogens is 534 g/mol. The summed E-state index contributed by atoms with van der Waals surface area (Å²) in [7, 11) is 6.60. The van der Waals surface area contributed by atoms with Crippen LogP contribution in [0.15, 0.2) is 30.3 Å². The quantitative estimate of drug-likeness (QED) is 0.369. The smallest absolute Gasteiger partial charge is 0.414 e. The molecule has 2 bridgehead atoms. The van der Waals surface area contributed by atoms with Crippen molar-refractivity contribution in [3.63, 3.8) is 0 Å². The molecular formula is C31H37N7O4. The first-order valence-electron chi connectivity index (χ1n) is 14.7. The Kier molecular flexibility index (Phi) is 6.38. The number of anilines is 1. The van der Waals surface area contributed by atoms with Gasteiger partial charge in [-0.15, -0.1) is 0 Å². The van der Waals surface area contributed by atoms with E-state index in [1.807, 2.05) is 40.8 Å². The van der Waals surface area contributed by atoms with E-state index in [-0.39, 0.29) is 18.0 Å². The maximum atomic E-state index is 13.8. The number of hydrogen-bond acceptors (Lipinski definition) is 7. The van der Waals surface area contributed by atoms with Crippen molar-refractivity contribution in [3.05, 3.63) is 35.9 Å². The third kappa shape index (κ3) is 4.29. The largest absolute Gasteiger partial charge is 0.494 e. The summed E-state index contributed by atoms with van der Waals surface area (Å²) >= 11 is 0. The SMILES string of the molecule is COC(=O)N(C)c1ccc2cc(-c3nc4cc(C(=O)N5C[C@H](N)[C@@H]6CC[C@H]5C6)cc(OC)c4n3C)n(CC3CC3)c2n1. The van der Waals surface area contributed by atoms with Gasteiger partial charge < -0.3 is 29.2 Å². The molecule has 2 N–H and O–H groups in total. The molecule has 220 valence electrons. The molecule has 7 rings (SSSR count). The third-order valence-electron chi connectivity index (χ3n) is 9.45. The van der Waals surface area contributed by atoms with Crippen molar-refractivity contribution in [2.75, 3.05) is 32.7 Å². The Bertz CT molecular complexity index is 1720. The van der Waals surface area contributed by atoms with E-state index in [9.17, 15) is 9.59 Å². The van der Waals surface area contributed by atoms with E-state index in [0.717, 1.165) is 53.9 Å². The van der Waals surface area contributed by atoms with Crippen molar-refractivity contribution in [1.82, 2.24) is 24.0 Å². The van der Waals surface area contributed by atoms with Crippen molar-refractivity contribution >= 4 is 39.9 Å². The number of imidazole rings is 1. The van der Waals surface area contributed by atoms with Gasteiger partial charge in [0.25, 0.3) is 5.91 Å². The molecule has 3 fully saturated rings. The number of ether oxygens (including phenoxy) is 2. The van der Waals surface area contributed by atoms with E-state index in [1.165, 1.54) is 24.9 Å². The first-order chi connectivity index (χ1) is 20.3. The lowest BCUT2D eigenvalue weighted by Gasteiger charge is -2.37. The number of nitrogens with two attached hydrogens (primary N) is 1. The number of nitrogens with zero attached hydrogens (tertiary/aromatic N) is 6. The fourth-order valence-corrected chi connectivity index (χ4v) is 6.89. The molecule has 1 saturated heterocycles. The van der Waals surface area contributed by atoms with Crippen LogP contribution < -0.4 is 15.4 Å². The molecule has 4 aromatic rings. The molecule has 4 heterocycles. The highest BCUT2D eigenvalue weighted by molar-refractivity contribution is 6.00. The molecule has 0 spiro atoms. The van der Waals surface area contributed by atoms with Crippen LogP contribution in [0.25, 0.3) is 33.6 Å². The van der Waals surface area contributed by atoms with Gasteiger partial charge in [-0.3, -0.25) is 9.69 Å². The number of aromatic nitrogens is 4. The molecule has 2 aliphatic carbocycles. The number of likely N-dealkylation sites (tertiary alicyclic amines) is 1. The minimum atomic E-state index is -0.477. The van der Waals surface area contributed by atoms with Crippen LogP contribution in [0.5, 0.6) is 5.75 Å². The normalized spacial score (nSPS) is 21.7. The molecule has 3 aromatic heterocycles. The molecule has 1 aromatic carbocycles. The molecule has 1 aliphatic heterocycles. The molecule has 42 heavy (non-hydrogen) atoms.